The van der Waals surface area contributed by atoms with Crippen LogP contribution in [-0.4, -0.2) is 45.1 Å². The van der Waals surface area contributed by atoms with Gasteiger partial charge in [0.2, 0.25) is 0 Å². The summed E-state index contributed by atoms with van der Waals surface area (Å²) in [6, 6.07) is 11.4. The van der Waals surface area contributed by atoms with Crippen LogP contribution in [0.2, 0.25) is 5.02 Å². The van der Waals surface area contributed by atoms with Crippen LogP contribution < -0.4 is 9.50 Å². The number of carbonyl (C=O) groups is 1. The van der Waals surface area contributed by atoms with Crippen LogP contribution in [0.1, 0.15) is 30.9 Å². The SMILES string of the molecule is CCNC(=O)N(Cc1cccc(OS(=O)(=O)c2c(C)cccc2Cl)c1)CC1CCCO1. The molecule has 2 amide bonds. The van der Waals surface area contributed by atoms with Crippen LogP contribution in [0.3, 0.4) is 0 Å². The summed E-state index contributed by atoms with van der Waals surface area (Å²) in [5.74, 6) is 0.157. The number of aryl methyl sites for hydroxylation is 1. The molecule has 1 aliphatic heterocycles. The van der Waals surface area contributed by atoms with Gasteiger partial charge in [0.1, 0.15) is 10.6 Å². The molecular formula is C22H27ClN2O5S. The van der Waals surface area contributed by atoms with E-state index in [4.69, 9.17) is 20.5 Å². The molecule has 0 saturated carbocycles. The number of benzene rings is 2. The number of rotatable bonds is 8. The third-order valence-electron chi connectivity index (χ3n) is 4.95. The Bertz CT molecular complexity index is 1000. The van der Waals surface area contributed by atoms with Gasteiger partial charge in [-0.05, 0) is 56.0 Å². The number of hydrogen-bond acceptors (Lipinski definition) is 5. The first-order valence-corrected chi connectivity index (χ1v) is 12.0. The molecule has 1 atom stereocenters. The smallest absolute Gasteiger partial charge is 0.340 e. The minimum Gasteiger partial charge on any atom is -0.379 e. The number of nitrogens with one attached hydrogen (secondary N) is 1. The van der Waals surface area contributed by atoms with Gasteiger partial charge in [0, 0.05) is 26.2 Å². The van der Waals surface area contributed by atoms with Gasteiger partial charge in [0.05, 0.1) is 11.1 Å². The summed E-state index contributed by atoms with van der Waals surface area (Å²) in [5.41, 5.74) is 1.25. The van der Waals surface area contributed by atoms with Crippen molar-refractivity contribution in [1.29, 1.82) is 0 Å². The fraction of sp³-hybridized carbons (Fsp3) is 0.409. The molecule has 168 valence electrons. The van der Waals surface area contributed by atoms with Crippen molar-refractivity contribution in [3.8, 4) is 5.75 Å². The van der Waals surface area contributed by atoms with Gasteiger partial charge in [-0.1, -0.05) is 35.9 Å². The molecule has 1 aliphatic rings. The van der Waals surface area contributed by atoms with E-state index in [0.717, 1.165) is 18.4 Å². The molecule has 0 bridgehead atoms. The average molecular weight is 467 g/mol. The molecule has 0 spiro atoms. The molecule has 1 fully saturated rings. The predicted molar refractivity (Wildman–Crippen MR) is 119 cm³/mol. The first-order chi connectivity index (χ1) is 14.8. The highest BCUT2D eigenvalue weighted by molar-refractivity contribution is 7.87. The Morgan fingerprint density at radius 3 is 2.74 bits per heavy atom. The van der Waals surface area contributed by atoms with E-state index in [0.29, 0.717) is 31.8 Å². The number of amides is 2. The minimum atomic E-state index is -4.11. The summed E-state index contributed by atoms with van der Waals surface area (Å²) in [6.07, 6.45) is 1.90. The van der Waals surface area contributed by atoms with Gasteiger partial charge in [0.15, 0.2) is 0 Å². The van der Waals surface area contributed by atoms with Crippen LogP contribution in [0, 0.1) is 6.92 Å². The lowest BCUT2D eigenvalue weighted by atomic mass is 10.2. The van der Waals surface area contributed by atoms with E-state index < -0.39 is 10.1 Å². The average Bonchev–Trinajstić information content (AvgIpc) is 3.20. The molecule has 9 heteroatoms. The lowest BCUT2D eigenvalue weighted by Crippen LogP contribution is -2.43. The zero-order valence-corrected chi connectivity index (χ0v) is 19.2. The first-order valence-electron chi connectivity index (χ1n) is 10.2. The number of carbonyl (C=O) groups excluding carboxylic acids is 1. The third-order valence-corrected chi connectivity index (χ3v) is 6.84. The Hall–Kier alpha value is -2.29. The van der Waals surface area contributed by atoms with Crippen molar-refractivity contribution in [2.75, 3.05) is 19.7 Å². The van der Waals surface area contributed by atoms with E-state index in [1.807, 2.05) is 13.0 Å². The monoisotopic (exact) mass is 466 g/mol. The second-order valence-electron chi connectivity index (χ2n) is 7.42. The molecular weight excluding hydrogens is 440 g/mol. The molecule has 1 unspecified atom stereocenters. The number of hydrogen-bond donors (Lipinski definition) is 1. The zero-order valence-electron chi connectivity index (χ0n) is 17.6. The highest BCUT2D eigenvalue weighted by atomic mass is 35.5. The van der Waals surface area contributed by atoms with Gasteiger partial charge in [-0.2, -0.15) is 8.42 Å². The maximum atomic E-state index is 12.8. The van der Waals surface area contributed by atoms with Gasteiger partial charge >= 0.3 is 16.1 Å². The predicted octanol–water partition coefficient (Wildman–Crippen LogP) is 4.13. The second kappa shape index (κ2) is 10.3. The van der Waals surface area contributed by atoms with E-state index >= 15 is 0 Å². The molecule has 2 aromatic rings. The van der Waals surface area contributed by atoms with Crippen LogP contribution in [0.4, 0.5) is 4.79 Å². The van der Waals surface area contributed by atoms with E-state index in [1.54, 1.807) is 42.2 Å². The van der Waals surface area contributed by atoms with Crippen molar-refractivity contribution in [2.45, 2.75) is 44.2 Å². The number of nitrogens with zero attached hydrogens (tertiary/aromatic N) is 1. The quantitative estimate of drug-likeness (QED) is 0.591. The van der Waals surface area contributed by atoms with Gasteiger partial charge in [-0.15, -0.1) is 0 Å². The fourth-order valence-electron chi connectivity index (χ4n) is 3.53. The zero-order chi connectivity index (χ0) is 22.4. The van der Waals surface area contributed by atoms with Crippen molar-refractivity contribution in [2.24, 2.45) is 0 Å². The number of halogens is 1. The molecule has 1 heterocycles. The van der Waals surface area contributed by atoms with Crippen molar-refractivity contribution in [1.82, 2.24) is 10.2 Å². The van der Waals surface area contributed by atoms with Gasteiger partial charge in [0.25, 0.3) is 0 Å². The van der Waals surface area contributed by atoms with Crippen molar-refractivity contribution < 1.29 is 22.1 Å². The van der Waals surface area contributed by atoms with Crippen molar-refractivity contribution in [3.63, 3.8) is 0 Å². The fourth-order valence-corrected chi connectivity index (χ4v) is 5.25. The second-order valence-corrected chi connectivity index (χ2v) is 9.31. The highest BCUT2D eigenvalue weighted by Gasteiger charge is 2.24. The summed E-state index contributed by atoms with van der Waals surface area (Å²) in [7, 11) is -4.11. The molecule has 0 aliphatic carbocycles. The summed E-state index contributed by atoms with van der Waals surface area (Å²) < 4.78 is 36.6. The molecule has 0 radical (unpaired) electrons. The minimum absolute atomic E-state index is 0.00520. The largest absolute Gasteiger partial charge is 0.379 e. The molecule has 2 aromatic carbocycles. The summed E-state index contributed by atoms with van der Waals surface area (Å²) >= 11 is 6.10. The van der Waals surface area contributed by atoms with Gasteiger partial charge in [-0.25, -0.2) is 4.79 Å². The molecule has 0 aromatic heterocycles. The summed E-state index contributed by atoms with van der Waals surface area (Å²) in [5, 5.41) is 2.92. The van der Waals surface area contributed by atoms with Crippen molar-refractivity contribution >= 4 is 27.8 Å². The van der Waals surface area contributed by atoms with Gasteiger partial charge < -0.3 is 19.1 Å². The van der Waals surface area contributed by atoms with E-state index in [1.165, 1.54) is 6.07 Å². The normalized spacial score (nSPS) is 16.2. The highest BCUT2D eigenvalue weighted by Crippen LogP contribution is 2.28. The van der Waals surface area contributed by atoms with Crippen LogP contribution in [0.25, 0.3) is 0 Å². The van der Waals surface area contributed by atoms with E-state index in [2.05, 4.69) is 5.32 Å². The Labute approximate surface area is 188 Å². The first kappa shape index (κ1) is 23.4. The maximum Gasteiger partial charge on any atom is 0.340 e. The number of ether oxygens (including phenoxy) is 1. The van der Waals surface area contributed by atoms with E-state index in [-0.39, 0.29) is 27.8 Å². The molecule has 3 rings (SSSR count). The topological polar surface area (TPSA) is 84.9 Å². The Morgan fingerprint density at radius 1 is 1.29 bits per heavy atom. The molecule has 1 N–H and O–H groups in total. The van der Waals surface area contributed by atoms with Crippen LogP contribution in [-0.2, 0) is 21.4 Å². The lowest BCUT2D eigenvalue weighted by molar-refractivity contribution is 0.0796. The molecule has 1 saturated heterocycles. The standard InChI is InChI=1S/C22H27ClN2O5S/c1-3-24-22(26)25(15-19-10-6-12-29-19)14-17-8-5-9-18(13-17)30-31(27,28)21-16(2)7-4-11-20(21)23/h4-5,7-9,11,13,19H,3,6,10,12,14-15H2,1-2H3,(H,24,26). The third kappa shape index (κ3) is 6.12. The van der Waals surface area contributed by atoms with Crippen molar-refractivity contribution in [3.05, 3.63) is 58.6 Å². The molecule has 7 nitrogen and oxygen atoms in total. The Morgan fingerprint density at radius 2 is 2.06 bits per heavy atom. The van der Waals surface area contributed by atoms with Gasteiger partial charge in [-0.3, -0.25) is 0 Å². The lowest BCUT2D eigenvalue weighted by Gasteiger charge is -2.25. The summed E-state index contributed by atoms with van der Waals surface area (Å²) in [6.45, 7) is 5.50. The van der Waals surface area contributed by atoms with Crippen LogP contribution >= 0.6 is 11.6 Å². The van der Waals surface area contributed by atoms with E-state index in [9.17, 15) is 13.2 Å². The molecule has 31 heavy (non-hydrogen) atoms. The maximum absolute atomic E-state index is 12.8. The summed E-state index contributed by atoms with van der Waals surface area (Å²) in [4.78, 5) is 14.1. The Kier molecular flexibility index (Phi) is 7.80. The Balaban J connectivity index is 1.78. The van der Waals surface area contributed by atoms with Crippen LogP contribution in [0.15, 0.2) is 47.4 Å². The number of urea groups is 1. The van der Waals surface area contributed by atoms with Crippen LogP contribution in [0.5, 0.6) is 5.75 Å².